The molecular weight excluding hydrogens is 144 g/mol. The summed E-state index contributed by atoms with van der Waals surface area (Å²) in [7, 11) is 0. The van der Waals surface area contributed by atoms with E-state index in [4.69, 9.17) is 0 Å². The fourth-order valence-electron chi connectivity index (χ4n) is 1.39. The van der Waals surface area contributed by atoms with Crippen LogP contribution < -0.4 is 5.32 Å². The van der Waals surface area contributed by atoms with Gasteiger partial charge in [0.05, 0.1) is 6.54 Å². The predicted octanol–water partition coefficient (Wildman–Crippen LogP) is -0.133. The number of urea groups is 1. The fraction of sp³-hybridized carbons (Fsp3) is 0.429. The van der Waals surface area contributed by atoms with Crippen molar-refractivity contribution in [2.75, 3.05) is 6.54 Å². The Kier molecular flexibility index (Phi) is 1.21. The quantitative estimate of drug-likeness (QED) is 0.525. The van der Waals surface area contributed by atoms with E-state index in [2.05, 4.69) is 5.32 Å². The molecule has 2 rings (SSSR count). The summed E-state index contributed by atoms with van der Waals surface area (Å²) in [5, 5.41) is 2.49. The van der Waals surface area contributed by atoms with E-state index in [1.165, 1.54) is 4.90 Å². The molecule has 1 unspecified atom stereocenters. The van der Waals surface area contributed by atoms with Crippen molar-refractivity contribution in [2.24, 2.45) is 0 Å². The summed E-state index contributed by atoms with van der Waals surface area (Å²) in [5.74, 6) is 0.0922. The molecule has 1 atom stereocenters. The van der Waals surface area contributed by atoms with Gasteiger partial charge in [-0.05, 0) is 6.42 Å². The average molecular weight is 152 g/mol. The molecule has 0 saturated carbocycles. The standard InChI is InChI=1S/C7H8N2O2/c10-6-4-8-7(11)9-3-1-2-5(6)9/h1,3,5H,2,4H2,(H,8,11). The largest absolute Gasteiger partial charge is 0.331 e. The molecular formula is C7H8N2O2. The van der Waals surface area contributed by atoms with Crippen molar-refractivity contribution in [2.45, 2.75) is 12.5 Å². The summed E-state index contributed by atoms with van der Waals surface area (Å²) in [4.78, 5) is 23.6. The van der Waals surface area contributed by atoms with Crippen LogP contribution in [0.3, 0.4) is 0 Å². The van der Waals surface area contributed by atoms with Gasteiger partial charge in [0, 0.05) is 6.20 Å². The Hall–Kier alpha value is -1.32. The van der Waals surface area contributed by atoms with Crippen LogP contribution in [0.25, 0.3) is 0 Å². The molecule has 0 aromatic rings. The first-order chi connectivity index (χ1) is 5.29. The molecule has 11 heavy (non-hydrogen) atoms. The Morgan fingerprint density at radius 2 is 2.36 bits per heavy atom. The number of amides is 2. The molecule has 2 aliphatic rings. The van der Waals surface area contributed by atoms with Crippen molar-refractivity contribution in [3.8, 4) is 0 Å². The van der Waals surface area contributed by atoms with E-state index in [1.807, 2.05) is 6.08 Å². The number of rotatable bonds is 0. The lowest BCUT2D eigenvalue weighted by Gasteiger charge is -2.27. The second-order valence-corrected chi connectivity index (χ2v) is 2.67. The maximum absolute atomic E-state index is 11.1. The highest BCUT2D eigenvalue weighted by Gasteiger charge is 2.34. The van der Waals surface area contributed by atoms with Gasteiger partial charge in [0.15, 0.2) is 5.78 Å². The third-order valence-electron chi connectivity index (χ3n) is 1.98. The van der Waals surface area contributed by atoms with Gasteiger partial charge in [0.2, 0.25) is 0 Å². The number of Topliss-reactive ketones (excluding diaryl/α,β-unsaturated/α-hetero) is 1. The first-order valence-corrected chi connectivity index (χ1v) is 3.54. The van der Waals surface area contributed by atoms with Crippen LogP contribution in [0.4, 0.5) is 4.79 Å². The number of ketones is 1. The number of carbonyl (C=O) groups is 2. The maximum atomic E-state index is 11.1. The highest BCUT2D eigenvalue weighted by Crippen LogP contribution is 2.17. The van der Waals surface area contributed by atoms with Gasteiger partial charge in [-0.15, -0.1) is 0 Å². The van der Waals surface area contributed by atoms with Crippen LogP contribution in [-0.4, -0.2) is 29.3 Å². The second-order valence-electron chi connectivity index (χ2n) is 2.67. The Morgan fingerprint density at radius 3 is 3.09 bits per heavy atom. The maximum Gasteiger partial charge on any atom is 0.322 e. The van der Waals surface area contributed by atoms with Gasteiger partial charge in [0.25, 0.3) is 0 Å². The lowest BCUT2D eigenvalue weighted by Crippen LogP contribution is -2.53. The van der Waals surface area contributed by atoms with E-state index in [0.29, 0.717) is 6.42 Å². The lowest BCUT2D eigenvalue weighted by atomic mass is 10.1. The summed E-state index contributed by atoms with van der Waals surface area (Å²) in [6, 6.07) is -0.382. The van der Waals surface area contributed by atoms with E-state index in [-0.39, 0.29) is 24.4 Å². The highest BCUT2D eigenvalue weighted by molar-refractivity contribution is 5.96. The molecule has 0 radical (unpaired) electrons. The Labute approximate surface area is 63.9 Å². The van der Waals surface area contributed by atoms with Crippen LogP contribution >= 0.6 is 0 Å². The van der Waals surface area contributed by atoms with Gasteiger partial charge in [-0.25, -0.2) is 4.79 Å². The van der Waals surface area contributed by atoms with Crippen LogP contribution in [0, 0.1) is 0 Å². The second kappa shape index (κ2) is 2.08. The molecule has 0 bridgehead atoms. The molecule has 0 aliphatic carbocycles. The third-order valence-corrected chi connectivity index (χ3v) is 1.98. The minimum Gasteiger partial charge on any atom is -0.331 e. The zero-order valence-corrected chi connectivity index (χ0v) is 5.91. The molecule has 0 aromatic heterocycles. The Bertz CT molecular complexity index is 247. The summed E-state index contributed by atoms with van der Waals surface area (Å²) in [6.45, 7) is 0.182. The van der Waals surface area contributed by atoms with Gasteiger partial charge < -0.3 is 5.32 Å². The number of hydrogen-bond acceptors (Lipinski definition) is 2. The molecule has 1 saturated heterocycles. The van der Waals surface area contributed by atoms with E-state index >= 15 is 0 Å². The molecule has 1 fully saturated rings. The van der Waals surface area contributed by atoms with Crippen molar-refractivity contribution in [3.63, 3.8) is 0 Å². The van der Waals surface area contributed by atoms with Gasteiger partial charge in [-0.3, -0.25) is 9.69 Å². The molecule has 2 aliphatic heterocycles. The minimum atomic E-state index is -0.219. The fourth-order valence-corrected chi connectivity index (χ4v) is 1.39. The first kappa shape index (κ1) is 6.39. The molecule has 4 nitrogen and oxygen atoms in total. The first-order valence-electron chi connectivity index (χ1n) is 3.54. The highest BCUT2D eigenvalue weighted by atomic mass is 16.2. The number of hydrogen-bond donors (Lipinski definition) is 1. The van der Waals surface area contributed by atoms with Crippen molar-refractivity contribution < 1.29 is 9.59 Å². The van der Waals surface area contributed by atoms with Crippen molar-refractivity contribution in [1.29, 1.82) is 0 Å². The summed E-state index contributed by atoms with van der Waals surface area (Å²) >= 11 is 0. The van der Waals surface area contributed by atoms with Crippen LogP contribution in [0.5, 0.6) is 0 Å². The van der Waals surface area contributed by atoms with E-state index in [0.717, 1.165) is 0 Å². The van der Waals surface area contributed by atoms with Crippen LogP contribution in [-0.2, 0) is 4.79 Å². The Morgan fingerprint density at radius 1 is 1.55 bits per heavy atom. The smallest absolute Gasteiger partial charge is 0.322 e. The van der Waals surface area contributed by atoms with Gasteiger partial charge in [-0.1, -0.05) is 6.08 Å². The third kappa shape index (κ3) is 0.824. The monoisotopic (exact) mass is 152 g/mol. The van der Waals surface area contributed by atoms with Gasteiger partial charge in [-0.2, -0.15) is 0 Å². The molecule has 58 valence electrons. The molecule has 0 aromatic carbocycles. The van der Waals surface area contributed by atoms with Gasteiger partial charge >= 0.3 is 6.03 Å². The number of carbonyl (C=O) groups excluding carboxylic acids is 2. The SMILES string of the molecule is O=C1CNC(=O)N2C=CCC12. The number of nitrogens with one attached hydrogen (secondary N) is 1. The van der Waals surface area contributed by atoms with Crippen LogP contribution in [0.15, 0.2) is 12.3 Å². The van der Waals surface area contributed by atoms with Crippen molar-refractivity contribution in [1.82, 2.24) is 10.2 Å². The summed E-state index contributed by atoms with van der Waals surface area (Å²) in [5.41, 5.74) is 0. The molecule has 4 heteroatoms. The molecule has 2 amide bonds. The van der Waals surface area contributed by atoms with E-state index in [9.17, 15) is 9.59 Å². The number of fused-ring (bicyclic) bond motifs is 1. The van der Waals surface area contributed by atoms with Crippen LogP contribution in [0.1, 0.15) is 6.42 Å². The molecule has 0 spiro atoms. The molecule has 1 N–H and O–H groups in total. The van der Waals surface area contributed by atoms with E-state index < -0.39 is 0 Å². The zero-order chi connectivity index (χ0) is 7.84. The van der Waals surface area contributed by atoms with Gasteiger partial charge in [0.1, 0.15) is 6.04 Å². The van der Waals surface area contributed by atoms with Crippen molar-refractivity contribution >= 4 is 11.8 Å². The Balaban J connectivity index is 2.25. The normalized spacial score (nSPS) is 28.7. The zero-order valence-electron chi connectivity index (χ0n) is 5.91. The molecule has 2 heterocycles. The summed E-state index contributed by atoms with van der Waals surface area (Å²) in [6.07, 6.45) is 4.18. The average Bonchev–Trinajstić information content (AvgIpc) is 2.45. The minimum absolute atomic E-state index is 0.0922. The topological polar surface area (TPSA) is 49.4 Å². The van der Waals surface area contributed by atoms with Crippen molar-refractivity contribution in [3.05, 3.63) is 12.3 Å². The van der Waals surface area contributed by atoms with Crippen LogP contribution in [0.2, 0.25) is 0 Å². The lowest BCUT2D eigenvalue weighted by molar-refractivity contribution is -0.122. The van der Waals surface area contributed by atoms with E-state index in [1.54, 1.807) is 6.20 Å². The number of nitrogens with zero attached hydrogens (tertiary/aromatic N) is 1. The predicted molar refractivity (Wildman–Crippen MR) is 37.8 cm³/mol. The summed E-state index contributed by atoms with van der Waals surface area (Å²) < 4.78 is 0.